The summed E-state index contributed by atoms with van der Waals surface area (Å²) in [5.41, 5.74) is 0. The molecule has 0 atom stereocenters. The third-order valence-corrected chi connectivity index (χ3v) is 4.63. The van der Waals surface area contributed by atoms with Crippen molar-refractivity contribution in [3.05, 3.63) is 12.7 Å². The lowest BCUT2D eigenvalue weighted by Gasteiger charge is -2.16. The van der Waals surface area contributed by atoms with E-state index in [1.165, 1.54) is 19.3 Å². The van der Waals surface area contributed by atoms with E-state index in [0.717, 1.165) is 12.5 Å². The molecule has 0 unspecified atom stereocenters. The lowest BCUT2D eigenvalue weighted by Crippen LogP contribution is -2.26. The Balaban J connectivity index is 3.62. The fraction of sp³-hybridized carbons (Fsp3) is 0.846. The van der Waals surface area contributed by atoms with E-state index in [2.05, 4.69) is 6.58 Å². The van der Waals surface area contributed by atoms with Gasteiger partial charge < -0.3 is 18.3 Å². The van der Waals surface area contributed by atoms with E-state index < -0.39 is 9.28 Å². The van der Waals surface area contributed by atoms with Crippen LogP contribution in [0.5, 0.6) is 0 Å². The Morgan fingerprint density at radius 2 is 1.50 bits per heavy atom. The smallest absolute Gasteiger partial charge is 0.321 e. The maximum absolute atomic E-state index is 5.75. The molecule has 0 heterocycles. The maximum Gasteiger partial charge on any atom is 0.321 e. The molecule has 108 valence electrons. The van der Waals surface area contributed by atoms with Gasteiger partial charge in [0, 0.05) is 14.2 Å². The molecule has 5 heteroatoms. The van der Waals surface area contributed by atoms with E-state index >= 15 is 0 Å². The molecule has 0 N–H and O–H groups in total. The molecule has 0 saturated heterocycles. The van der Waals surface area contributed by atoms with Gasteiger partial charge in [0.2, 0.25) is 0 Å². The zero-order valence-electron chi connectivity index (χ0n) is 11.9. The lowest BCUT2D eigenvalue weighted by molar-refractivity contribution is 0.0993. The highest BCUT2D eigenvalue weighted by molar-refractivity contribution is 6.44. The van der Waals surface area contributed by atoms with Crippen LogP contribution in [-0.4, -0.2) is 49.9 Å². The van der Waals surface area contributed by atoms with Crippen molar-refractivity contribution < 1.29 is 18.3 Å². The molecular formula is C13H28O4Si. The van der Waals surface area contributed by atoms with Gasteiger partial charge in [-0.1, -0.05) is 18.9 Å². The predicted molar refractivity (Wildman–Crippen MR) is 76.3 cm³/mol. The van der Waals surface area contributed by atoms with Gasteiger partial charge in [-0.25, -0.2) is 0 Å². The van der Waals surface area contributed by atoms with Crippen LogP contribution in [-0.2, 0) is 18.3 Å². The van der Waals surface area contributed by atoms with E-state index in [4.69, 9.17) is 18.3 Å². The first-order valence-electron chi connectivity index (χ1n) is 6.67. The molecule has 0 fully saturated rings. The van der Waals surface area contributed by atoms with Crippen molar-refractivity contribution in [1.82, 2.24) is 0 Å². The summed E-state index contributed by atoms with van der Waals surface area (Å²) in [5.74, 6) is 0. The van der Waals surface area contributed by atoms with Crippen molar-refractivity contribution in [2.45, 2.75) is 31.7 Å². The van der Waals surface area contributed by atoms with Crippen molar-refractivity contribution in [2.75, 3.05) is 40.6 Å². The second-order valence-electron chi connectivity index (χ2n) is 4.08. The van der Waals surface area contributed by atoms with E-state index in [9.17, 15) is 0 Å². The Hall–Kier alpha value is -0.203. The molecule has 0 saturated carbocycles. The zero-order valence-corrected chi connectivity index (χ0v) is 13.0. The van der Waals surface area contributed by atoms with Crippen molar-refractivity contribution in [1.29, 1.82) is 0 Å². The van der Waals surface area contributed by atoms with Crippen molar-refractivity contribution >= 4 is 9.28 Å². The number of allylic oxidation sites excluding steroid dienone is 1. The van der Waals surface area contributed by atoms with Crippen LogP contribution in [0.25, 0.3) is 0 Å². The highest BCUT2D eigenvalue weighted by Crippen LogP contribution is 2.08. The van der Waals surface area contributed by atoms with Gasteiger partial charge >= 0.3 is 9.28 Å². The van der Waals surface area contributed by atoms with Crippen LogP contribution in [0.2, 0.25) is 6.04 Å². The van der Waals surface area contributed by atoms with Gasteiger partial charge in [0.25, 0.3) is 0 Å². The van der Waals surface area contributed by atoms with Crippen LogP contribution < -0.4 is 0 Å². The summed E-state index contributed by atoms with van der Waals surface area (Å²) in [4.78, 5) is 0. The molecule has 0 rings (SSSR count). The minimum atomic E-state index is -1.53. The Bertz CT molecular complexity index is 168. The SMILES string of the molecule is C=CCCCCC[SiH](OCCOC)OCCOC. The minimum Gasteiger partial charge on any atom is -0.394 e. The number of hydrogen-bond acceptors (Lipinski definition) is 4. The van der Waals surface area contributed by atoms with Crippen LogP contribution in [0, 0.1) is 0 Å². The summed E-state index contributed by atoms with van der Waals surface area (Å²) >= 11 is 0. The summed E-state index contributed by atoms with van der Waals surface area (Å²) in [5, 5.41) is 0. The van der Waals surface area contributed by atoms with Gasteiger partial charge in [0.15, 0.2) is 0 Å². The normalized spacial score (nSPS) is 11.1. The van der Waals surface area contributed by atoms with E-state index in [-0.39, 0.29) is 0 Å². The number of unbranched alkanes of at least 4 members (excludes halogenated alkanes) is 3. The molecule has 0 bridgehead atoms. The van der Waals surface area contributed by atoms with Crippen LogP contribution in [0.1, 0.15) is 25.7 Å². The van der Waals surface area contributed by atoms with Gasteiger partial charge in [-0.15, -0.1) is 6.58 Å². The summed E-state index contributed by atoms with van der Waals surface area (Å²) in [6, 6.07) is 1.06. The van der Waals surface area contributed by atoms with Crippen LogP contribution in [0.15, 0.2) is 12.7 Å². The highest BCUT2D eigenvalue weighted by atomic mass is 28.3. The first kappa shape index (κ1) is 17.8. The summed E-state index contributed by atoms with van der Waals surface area (Å²) in [6.07, 6.45) is 6.67. The molecule has 0 radical (unpaired) electrons. The topological polar surface area (TPSA) is 36.9 Å². The Kier molecular flexibility index (Phi) is 14.7. The summed E-state index contributed by atoms with van der Waals surface area (Å²) in [6.45, 7) is 6.25. The molecule has 0 spiro atoms. The quantitative estimate of drug-likeness (QED) is 0.277. The molecule has 0 aliphatic rings. The Labute approximate surface area is 113 Å². The van der Waals surface area contributed by atoms with Crippen LogP contribution >= 0.6 is 0 Å². The second-order valence-corrected chi connectivity index (χ2v) is 6.19. The molecule has 0 aliphatic heterocycles. The van der Waals surface area contributed by atoms with Crippen LogP contribution in [0.3, 0.4) is 0 Å². The number of rotatable bonds is 14. The molecule has 0 aromatic rings. The standard InChI is InChI=1S/C13H28O4Si/c1-4-5-6-7-8-13-18(16-11-9-14-2)17-12-10-15-3/h4,18H,1,5-13H2,2-3H3. The average molecular weight is 276 g/mol. The molecule has 4 nitrogen and oxygen atoms in total. The van der Waals surface area contributed by atoms with Gasteiger partial charge in [-0.05, 0) is 18.9 Å². The average Bonchev–Trinajstić information content (AvgIpc) is 2.38. The first-order chi connectivity index (χ1) is 8.85. The maximum atomic E-state index is 5.75. The van der Waals surface area contributed by atoms with E-state index in [1.54, 1.807) is 14.2 Å². The van der Waals surface area contributed by atoms with Crippen molar-refractivity contribution in [3.8, 4) is 0 Å². The van der Waals surface area contributed by atoms with E-state index in [0.29, 0.717) is 26.4 Å². The van der Waals surface area contributed by atoms with Crippen LogP contribution in [0.4, 0.5) is 0 Å². The van der Waals surface area contributed by atoms with Crippen molar-refractivity contribution in [3.63, 3.8) is 0 Å². The third kappa shape index (κ3) is 12.3. The monoisotopic (exact) mass is 276 g/mol. The third-order valence-electron chi connectivity index (χ3n) is 2.53. The zero-order chi connectivity index (χ0) is 13.5. The summed E-state index contributed by atoms with van der Waals surface area (Å²) < 4.78 is 21.5. The lowest BCUT2D eigenvalue weighted by atomic mass is 10.2. The fourth-order valence-corrected chi connectivity index (χ4v) is 3.29. The van der Waals surface area contributed by atoms with Gasteiger partial charge in [-0.2, -0.15) is 0 Å². The Morgan fingerprint density at radius 3 is 2.00 bits per heavy atom. The molecule has 18 heavy (non-hydrogen) atoms. The minimum absolute atomic E-state index is 0.632. The van der Waals surface area contributed by atoms with Crippen molar-refractivity contribution in [2.24, 2.45) is 0 Å². The molecular weight excluding hydrogens is 248 g/mol. The van der Waals surface area contributed by atoms with Gasteiger partial charge in [0.05, 0.1) is 26.4 Å². The fourth-order valence-electron chi connectivity index (χ4n) is 1.52. The largest absolute Gasteiger partial charge is 0.394 e. The Morgan fingerprint density at radius 1 is 0.889 bits per heavy atom. The molecule has 0 amide bonds. The molecule has 0 aromatic carbocycles. The molecule has 0 aromatic heterocycles. The number of hydrogen-bond donors (Lipinski definition) is 0. The highest BCUT2D eigenvalue weighted by Gasteiger charge is 2.12. The number of methoxy groups -OCH3 is 2. The second kappa shape index (κ2) is 14.9. The van der Waals surface area contributed by atoms with Gasteiger partial charge in [0.1, 0.15) is 0 Å². The predicted octanol–water partition coefficient (Wildman–Crippen LogP) is 2.28. The molecule has 0 aliphatic carbocycles. The summed E-state index contributed by atoms with van der Waals surface area (Å²) in [7, 11) is 1.83. The van der Waals surface area contributed by atoms with E-state index in [1.807, 2.05) is 6.08 Å². The van der Waals surface area contributed by atoms with Gasteiger partial charge in [-0.3, -0.25) is 0 Å². The first-order valence-corrected chi connectivity index (χ1v) is 8.43. The number of ether oxygens (including phenoxy) is 2.